The summed E-state index contributed by atoms with van der Waals surface area (Å²) in [6, 6.07) is 15.4. The number of benzene rings is 2. The molecular weight excluding hydrogens is 438 g/mol. The van der Waals surface area contributed by atoms with Gasteiger partial charge >= 0.3 is 5.97 Å². The molecule has 1 aliphatic rings. The van der Waals surface area contributed by atoms with E-state index in [1.165, 1.54) is 10.8 Å². The van der Waals surface area contributed by atoms with Crippen LogP contribution in [0, 0.1) is 6.92 Å². The Labute approximate surface area is 196 Å². The zero-order valence-electron chi connectivity index (χ0n) is 18.5. The highest BCUT2D eigenvalue weighted by atomic mass is 16.6. The Morgan fingerprint density at radius 1 is 1.06 bits per heavy atom. The molecule has 1 aliphatic heterocycles. The van der Waals surface area contributed by atoms with Crippen LogP contribution in [0.3, 0.4) is 0 Å². The maximum atomic E-state index is 12.6. The minimum absolute atomic E-state index is 0.211. The molecule has 1 fully saturated rings. The summed E-state index contributed by atoms with van der Waals surface area (Å²) in [5.41, 5.74) is 2.95. The van der Waals surface area contributed by atoms with Crippen LogP contribution in [-0.4, -0.2) is 51.3 Å². The van der Waals surface area contributed by atoms with Crippen LogP contribution < -0.4 is 9.30 Å². The van der Waals surface area contributed by atoms with Crippen LogP contribution in [0.15, 0.2) is 67.0 Å². The highest BCUT2D eigenvalue weighted by Crippen LogP contribution is 2.25. The van der Waals surface area contributed by atoms with E-state index in [9.17, 15) is 25.2 Å². The summed E-state index contributed by atoms with van der Waals surface area (Å²) in [6.45, 7) is 1.47. The summed E-state index contributed by atoms with van der Waals surface area (Å²) in [5.74, 6) is -0.0270. The van der Waals surface area contributed by atoms with Crippen molar-refractivity contribution in [1.82, 2.24) is 0 Å². The van der Waals surface area contributed by atoms with Gasteiger partial charge in [-0.2, -0.15) is 4.57 Å². The molecule has 176 valence electrons. The Balaban J connectivity index is 1.42. The predicted molar refractivity (Wildman–Crippen MR) is 123 cm³/mol. The first-order valence-electron chi connectivity index (χ1n) is 10.8. The van der Waals surface area contributed by atoms with E-state index in [4.69, 9.17) is 9.47 Å². The largest absolute Gasteiger partial charge is 0.508 e. The minimum Gasteiger partial charge on any atom is -0.508 e. The number of phenolic OH excluding ortho intramolecular Hbond substituents is 1. The fourth-order valence-corrected chi connectivity index (χ4v) is 3.79. The number of aromatic nitrogens is 1. The van der Waals surface area contributed by atoms with Gasteiger partial charge in [0.1, 0.15) is 29.3 Å². The summed E-state index contributed by atoms with van der Waals surface area (Å²) in [5, 5.41) is 39.1. The molecular formula is C26H26NO7+. The number of nitrogens with zero attached hydrogens (tertiary/aromatic N) is 1. The van der Waals surface area contributed by atoms with Crippen molar-refractivity contribution in [1.29, 1.82) is 0 Å². The Morgan fingerprint density at radius 3 is 2.47 bits per heavy atom. The number of carbonyl (C=O) groups is 1. The summed E-state index contributed by atoms with van der Waals surface area (Å²) in [4.78, 5) is 12.6. The highest BCUT2D eigenvalue weighted by Gasteiger charge is 2.48. The number of aryl methyl sites for hydroxylation is 1. The average Bonchev–Trinajstić information content (AvgIpc) is 3.12. The van der Waals surface area contributed by atoms with Crippen molar-refractivity contribution in [2.75, 3.05) is 6.61 Å². The van der Waals surface area contributed by atoms with Crippen LogP contribution in [0.1, 0.15) is 33.3 Å². The SMILES string of the molecule is Cc1cc(O)cc(/C=C/c2ccc(OC(=O)c3ccc[n+]([C@@H]4O[C@H](CO)[C@@H](O)[C@H]4O)c3)cc2)c1. The molecule has 0 unspecified atom stereocenters. The molecule has 0 spiro atoms. The molecule has 0 aliphatic carbocycles. The number of carbonyl (C=O) groups excluding carboxylic acids is 1. The first-order valence-corrected chi connectivity index (χ1v) is 10.8. The van der Waals surface area contributed by atoms with Crippen LogP contribution >= 0.6 is 0 Å². The fraction of sp³-hybridized carbons (Fsp3) is 0.231. The first kappa shape index (κ1) is 23.6. The number of phenols is 1. The molecule has 0 radical (unpaired) electrons. The zero-order chi connectivity index (χ0) is 24.2. The number of rotatable bonds is 6. The first-order chi connectivity index (χ1) is 16.3. The molecule has 0 saturated carbocycles. The molecule has 4 atom stereocenters. The molecule has 0 amide bonds. The Morgan fingerprint density at radius 2 is 1.79 bits per heavy atom. The van der Waals surface area contributed by atoms with Gasteiger partial charge in [0, 0.05) is 6.07 Å². The summed E-state index contributed by atoms with van der Waals surface area (Å²) >= 11 is 0. The van der Waals surface area contributed by atoms with Crippen molar-refractivity contribution in [2.24, 2.45) is 0 Å². The third kappa shape index (κ3) is 5.32. The van der Waals surface area contributed by atoms with Crippen molar-refractivity contribution in [2.45, 2.75) is 31.5 Å². The Hall–Kier alpha value is -3.56. The van der Waals surface area contributed by atoms with Crippen LogP contribution in [0.5, 0.6) is 11.5 Å². The van der Waals surface area contributed by atoms with E-state index in [1.54, 1.807) is 54.7 Å². The van der Waals surface area contributed by atoms with Crippen molar-refractivity contribution < 1.29 is 39.3 Å². The monoisotopic (exact) mass is 464 g/mol. The third-order valence-corrected chi connectivity index (χ3v) is 5.51. The van der Waals surface area contributed by atoms with Crippen molar-refractivity contribution >= 4 is 18.1 Å². The van der Waals surface area contributed by atoms with Gasteiger partial charge in [0.05, 0.1) is 6.61 Å². The van der Waals surface area contributed by atoms with Gasteiger partial charge in [-0.1, -0.05) is 30.4 Å². The van der Waals surface area contributed by atoms with E-state index in [0.717, 1.165) is 16.7 Å². The lowest BCUT2D eigenvalue weighted by Crippen LogP contribution is -2.46. The Kier molecular flexibility index (Phi) is 7.04. The molecule has 2 heterocycles. The standard InChI is InChI=1S/C26H25NO7/c1-16-11-18(13-20(29)12-16)5-4-17-6-8-21(9-7-17)33-26(32)19-3-2-10-27(14-19)25-24(31)23(30)22(15-28)34-25/h2-14,22-25,28,30-31H,15H2,1H3/p+1/b5-4+/t22-,23-,24-,25-/m1/s1. The number of aromatic hydroxyl groups is 1. The number of aliphatic hydroxyl groups excluding tert-OH is 3. The maximum absolute atomic E-state index is 12.6. The summed E-state index contributed by atoms with van der Waals surface area (Å²) < 4.78 is 12.4. The van der Waals surface area contributed by atoms with E-state index in [0.29, 0.717) is 5.75 Å². The number of ether oxygens (including phenoxy) is 2. The maximum Gasteiger partial charge on any atom is 0.349 e. The second-order valence-electron chi connectivity index (χ2n) is 8.16. The van der Waals surface area contributed by atoms with Crippen molar-refractivity contribution in [3.63, 3.8) is 0 Å². The zero-order valence-corrected chi connectivity index (χ0v) is 18.5. The molecule has 0 bridgehead atoms. The van der Waals surface area contributed by atoms with Gasteiger partial charge in [0.15, 0.2) is 18.5 Å². The second kappa shape index (κ2) is 10.1. The van der Waals surface area contributed by atoms with Gasteiger partial charge in [-0.05, 0) is 53.9 Å². The molecule has 8 nitrogen and oxygen atoms in total. The van der Waals surface area contributed by atoms with Gasteiger partial charge in [-0.15, -0.1) is 0 Å². The topological polar surface area (TPSA) is 120 Å². The number of esters is 1. The average molecular weight is 464 g/mol. The molecule has 4 rings (SSSR count). The van der Waals surface area contributed by atoms with Crippen LogP contribution in [0.2, 0.25) is 0 Å². The predicted octanol–water partition coefficient (Wildman–Crippen LogP) is 1.99. The summed E-state index contributed by atoms with van der Waals surface area (Å²) in [6.07, 6.45) is 2.48. The lowest BCUT2D eigenvalue weighted by atomic mass is 10.1. The normalized spacial score (nSPS) is 22.2. The van der Waals surface area contributed by atoms with E-state index in [-0.39, 0.29) is 11.3 Å². The lowest BCUT2D eigenvalue weighted by Gasteiger charge is -2.10. The van der Waals surface area contributed by atoms with E-state index < -0.39 is 37.1 Å². The van der Waals surface area contributed by atoms with Gasteiger partial charge in [0.25, 0.3) is 6.23 Å². The molecule has 34 heavy (non-hydrogen) atoms. The smallest absolute Gasteiger partial charge is 0.349 e. The lowest BCUT2D eigenvalue weighted by molar-refractivity contribution is -0.765. The molecule has 1 saturated heterocycles. The second-order valence-corrected chi connectivity index (χ2v) is 8.16. The highest BCUT2D eigenvalue weighted by molar-refractivity contribution is 5.90. The van der Waals surface area contributed by atoms with Crippen LogP contribution in [0.25, 0.3) is 12.2 Å². The molecule has 4 N–H and O–H groups in total. The molecule has 3 aromatic rings. The number of aliphatic hydroxyl groups is 3. The van der Waals surface area contributed by atoms with E-state index >= 15 is 0 Å². The van der Waals surface area contributed by atoms with Gasteiger partial charge < -0.3 is 29.9 Å². The molecule has 1 aromatic heterocycles. The third-order valence-electron chi connectivity index (χ3n) is 5.51. The van der Waals surface area contributed by atoms with Gasteiger partial charge in [-0.3, -0.25) is 0 Å². The fourth-order valence-electron chi connectivity index (χ4n) is 3.79. The molecule has 2 aromatic carbocycles. The van der Waals surface area contributed by atoms with Crippen LogP contribution in [-0.2, 0) is 4.74 Å². The van der Waals surface area contributed by atoms with E-state index in [1.807, 2.05) is 25.1 Å². The van der Waals surface area contributed by atoms with Crippen molar-refractivity contribution in [3.05, 3.63) is 89.2 Å². The summed E-state index contributed by atoms with van der Waals surface area (Å²) in [7, 11) is 0. The molecule has 8 heteroatoms. The van der Waals surface area contributed by atoms with Gasteiger partial charge in [0.2, 0.25) is 0 Å². The Bertz CT molecular complexity index is 1170. The minimum atomic E-state index is -1.25. The van der Waals surface area contributed by atoms with Crippen molar-refractivity contribution in [3.8, 4) is 11.5 Å². The number of hydrogen-bond donors (Lipinski definition) is 4. The number of hydrogen-bond acceptors (Lipinski definition) is 7. The number of pyridine rings is 1. The van der Waals surface area contributed by atoms with Gasteiger partial charge in [-0.25, -0.2) is 4.79 Å². The van der Waals surface area contributed by atoms with Crippen LogP contribution in [0.4, 0.5) is 0 Å². The quantitative estimate of drug-likeness (QED) is 0.191. The van der Waals surface area contributed by atoms with E-state index in [2.05, 4.69) is 0 Å².